The van der Waals surface area contributed by atoms with Crippen LogP contribution in [0.15, 0.2) is 48.5 Å². The first-order valence-corrected chi connectivity index (χ1v) is 9.56. The van der Waals surface area contributed by atoms with Crippen molar-refractivity contribution in [3.63, 3.8) is 0 Å². The average Bonchev–Trinajstić information content (AvgIpc) is 2.50. The Morgan fingerprint density at radius 1 is 0.920 bits per heavy atom. The Hall–Kier alpha value is -2.38. The summed E-state index contributed by atoms with van der Waals surface area (Å²) in [5.74, 6) is -1.69. The topological polar surface area (TPSA) is 92.3 Å². The highest BCUT2D eigenvalue weighted by Gasteiger charge is 2.17. The lowest BCUT2D eigenvalue weighted by molar-refractivity contribution is -0.114. The summed E-state index contributed by atoms with van der Waals surface area (Å²) in [6.07, 6.45) is 0. The molecule has 2 N–H and O–H groups in total. The van der Waals surface area contributed by atoms with Gasteiger partial charge in [0.25, 0.3) is 0 Å². The average molecular weight is 381 g/mol. The van der Waals surface area contributed by atoms with Gasteiger partial charge in [0.15, 0.2) is 9.84 Å². The minimum absolute atomic E-state index is 0.204. The van der Waals surface area contributed by atoms with Crippen LogP contribution in [0.5, 0.6) is 0 Å². The summed E-state index contributed by atoms with van der Waals surface area (Å²) in [6.45, 7) is 1.39. The summed E-state index contributed by atoms with van der Waals surface area (Å²) >= 11 is 5.76. The Morgan fingerprint density at radius 3 is 1.96 bits per heavy atom. The second kappa shape index (κ2) is 8.13. The molecule has 0 spiro atoms. The van der Waals surface area contributed by atoms with E-state index in [-0.39, 0.29) is 11.7 Å². The molecule has 132 valence electrons. The van der Waals surface area contributed by atoms with E-state index in [1.54, 1.807) is 48.5 Å². The van der Waals surface area contributed by atoms with Crippen LogP contribution in [0.2, 0.25) is 5.02 Å². The van der Waals surface area contributed by atoms with Gasteiger partial charge in [0.1, 0.15) is 5.75 Å². The Balaban J connectivity index is 1.94. The van der Waals surface area contributed by atoms with Crippen molar-refractivity contribution in [2.75, 3.05) is 16.4 Å². The van der Waals surface area contributed by atoms with Crippen molar-refractivity contribution < 1.29 is 18.0 Å². The van der Waals surface area contributed by atoms with E-state index < -0.39 is 21.5 Å². The van der Waals surface area contributed by atoms with Crippen LogP contribution in [0.25, 0.3) is 0 Å². The molecule has 0 atom stereocenters. The second-order valence-electron chi connectivity index (χ2n) is 5.47. The molecular formula is C17H17ClN2O4S. The van der Waals surface area contributed by atoms with Crippen LogP contribution >= 0.6 is 11.6 Å². The molecule has 0 saturated carbocycles. The number of benzene rings is 2. The summed E-state index contributed by atoms with van der Waals surface area (Å²) in [5, 5.41) is 5.63. The van der Waals surface area contributed by atoms with Crippen molar-refractivity contribution in [1.29, 1.82) is 0 Å². The second-order valence-corrected chi connectivity index (χ2v) is 7.97. The minimum atomic E-state index is -3.60. The standard InChI is InChI=1S/C17H17ClN2O4S/c1-12(21)19-15-6-8-16(9-7-15)20-17(22)11-25(23,24)10-13-2-4-14(18)5-3-13/h2-9H,10-11H2,1H3,(H,19,21)(H,20,22). The number of halogens is 1. The summed E-state index contributed by atoms with van der Waals surface area (Å²) in [5.41, 5.74) is 1.60. The highest BCUT2D eigenvalue weighted by atomic mass is 35.5. The molecule has 0 radical (unpaired) electrons. The highest BCUT2D eigenvalue weighted by molar-refractivity contribution is 7.91. The van der Waals surface area contributed by atoms with Gasteiger partial charge in [0, 0.05) is 23.3 Å². The molecule has 0 aliphatic rings. The van der Waals surface area contributed by atoms with Gasteiger partial charge in [-0.3, -0.25) is 9.59 Å². The highest BCUT2D eigenvalue weighted by Crippen LogP contribution is 2.15. The number of rotatable bonds is 6. The van der Waals surface area contributed by atoms with Crippen LogP contribution in [0.3, 0.4) is 0 Å². The molecule has 0 aliphatic heterocycles. The zero-order valence-electron chi connectivity index (χ0n) is 13.5. The molecule has 25 heavy (non-hydrogen) atoms. The van der Waals surface area contributed by atoms with Crippen molar-refractivity contribution in [1.82, 2.24) is 0 Å². The number of hydrogen-bond donors (Lipinski definition) is 2. The molecule has 0 fully saturated rings. The van der Waals surface area contributed by atoms with Crippen molar-refractivity contribution in [2.24, 2.45) is 0 Å². The maximum Gasteiger partial charge on any atom is 0.239 e. The van der Waals surface area contributed by atoms with E-state index in [1.165, 1.54) is 6.92 Å². The van der Waals surface area contributed by atoms with Gasteiger partial charge < -0.3 is 10.6 Å². The van der Waals surface area contributed by atoms with E-state index >= 15 is 0 Å². The van der Waals surface area contributed by atoms with Gasteiger partial charge in [-0.15, -0.1) is 0 Å². The first-order valence-electron chi connectivity index (χ1n) is 7.36. The molecule has 0 aliphatic carbocycles. The smallest absolute Gasteiger partial charge is 0.239 e. The fourth-order valence-corrected chi connectivity index (χ4v) is 3.52. The Morgan fingerprint density at radius 2 is 1.44 bits per heavy atom. The number of amides is 2. The fourth-order valence-electron chi connectivity index (χ4n) is 2.12. The minimum Gasteiger partial charge on any atom is -0.326 e. The largest absolute Gasteiger partial charge is 0.326 e. The van der Waals surface area contributed by atoms with Crippen molar-refractivity contribution in [3.05, 3.63) is 59.1 Å². The predicted octanol–water partition coefficient (Wildman–Crippen LogP) is 2.85. The molecule has 0 unspecified atom stereocenters. The van der Waals surface area contributed by atoms with Gasteiger partial charge in [-0.05, 0) is 42.0 Å². The van der Waals surface area contributed by atoms with E-state index in [2.05, 4.69) is 10.6 Å². The van der Waals surface area contributed by atoms with Gasteiger partial charge in [0.2, 0.25) is 11.8 Å². The van der Waals surface area contributed by atoms with E-state index in [9.17, 15) is 18.0 Å². The summed E-state index contributed by atoms with van der Waals surface area (Å²) in [7, 11) is -3.60. The van der Waals surface area contributed by atoms with Crippen LogP contribution in [0.1, 0.15) is 12.5 Å². The Kier molecular flexibility index (Phi) is 6.17. The van der Waals surface area contributed by atoms with Gasteiger partial charge in [-0.2, -0.15) is 0 Å². The lowest BCUT2D eigenvalue weighted by Crippen LogP contribution is -2.24. The molecule has 0 heterocycles. The lowest BCUT2D eigenvalue weighted by atomic mass is 10.2. The van der Waals surface area contributed by atoms with Crippen molar-refractivity contribution >= 4 is 44.6 Å². The van der Waals surface area contributed by atoms with E-state index in [0.29, 0.717) is 22.0 Å². The van der Waals surface area contributed by atoms with Crippen LogP contribution in [-0.4, -0.2) is 26.0 Å². The molecule has 0 aromatic heterocycles. The molecule has 2 amide bonds. The number of nitrogens with one attached hydrogen (secondary N) is 2. The first kappa shape index (κ1) is 19.0. The van der Waals surface area contributed by atoms with Crippen molar-refractivity contribution in [3.8, 4) is 0 Å². The lowest BCUT2D eigenvalue weighted by Gasteiger charge is -2.08. The zero-order valence-corrected chi connectivity index (χ0v) is 15.0. The van der Waals surface area contributed by atoms with E-state index in [1.807, 2.05) is 0 Å². The number of carbonyl (C=O) groups excluding carboxylic acids is 2. The van der Waals surface area contributed by atoms with Crippen LogP contribution in [0.4, 0.5) is 11.4 Å². The third kappa shape index (κ3) is 6.56. The Labute approximate surface area is 151 Å². The summed E-state index contributed by atoms with van der Waals surface area (Å²) in [6, 6.07) is 12.8. The van der Waals surface area contributed by atoms with Crippen molar-refractivity contribution in [2.45, 2.75) is 12.7 Å². The molecular weight excluding hydrogens is 364 g/mol. The SMILES string of the molecule is CC(=O)Nc1ccc(NC(=O)CS(=O)(=O)Cc2ccc(Cl)cc2)cc1. The third-order valence-electron chi connectivity index (χ3n) is 3.14. The number of carbonyl (C=O) groups is 2. The number of anilines is 2. The maximum atomic E-state index is 12.1. The molecule has 2 rings (SSSR count). The van der Waals surface area contributed by atoms with E-state index in [0.717, 1.165) is 0 Å². The van der Waals surface area contributed by atoms with Gasteiger partial charge in [0.05, 0.1) is 5.75 Å². The van der Waals surface area contributed by atoms with Crippen LogP contribution < -0.4 is 10.6 Å². The summed E-state index contributed by atoms with van der Waals surface area (Å²) in [4.78, 5) is 22.9. The predicted molar refractivity (Wildman–Crippen MR) is 98.3 cm³/mol. The monoisotopic (exact) mass is 380 g/mol. The Bertz CT molecular complexity index is 863. The van der Waals surface area contributed by atoms with Crippen LogP contribution in [-0.2, 0) is 25.2 Å². The van der Waals surface area contributed by atoms with Gasteiger partial charge in [-0.25, -0.2) is 8.42 Å². The number of sulfone groups is 1. The molecule has 2 aromatic rings. The first-order chi connectivity index (χ1) is 11.7. The number of hydrogen-bond acceptors (Lipinski definition) is 4. The van der Waals surface area contributed by atoms with Crippen LogP contribution in [0, 0.1) is 0 Å². The third-order valence-corrected chi connectivity index (χ3v) is 4.87. The molecule has 8 heteroatoms. The normalized spacial score (nSPS) is 11.0. The molecule has 0 bridgehead atoms. The van der Waals surface area contributed by atoms with Gasteiger partial charge in [-0.1, -0.05) is 23.7 Å². The molecule has 0 saturated heterocycles. The molecule has 2 aromatic carbocycles. The maximum absolute atomic E-state index is 12.1. The fraction of sp³-hybridized carbons (Fsp3) is 0.176. The van der Waals surface area contributed by atoms with E-state index in [4.69, 9.17) is 11.6 Å². The zero-order chi connectivity index (χ0) is 18.4. The van der Waals surface area contributed by atoms with Gasteiger partial charge >= 0.3 is 0 Å². The quantitative estimate of drug-likeness (QED) is 0.805. The summed E-state index contributed by atoms with van der Waals surface area (Å²) < 4.78 is 24.2. The molecule has 6 nitrogen and oxygen atoms in total.